The molecule has 0 heterocycles. The summed E-state index contributed by atoms with van der Waals surface area (Å²) in [6, 6.07) is 10.5. The topological polar surface area (TPSA) is 52.0 Å². The van der Waals surface area contributed by atoms with Crippen molar-refractivity contribution >= 4 is 0 Å². The van der Waals surface area contributed by atoms with Crippen molar-refractivity contribution in [1.29, 1.82) is 0 Å². The number of hydrogen-bond donors (Lipinski definition) is 2. The van der Waals surface area contributed by atoms with Crippen LogP contribution in [0.3, 0.4) is 0 Å². The lowest BCUT2D eigenvalue weighted by atomic mass is 10.0. The van der Waals surface area contributed by atoms with Gasteiger partial charge in [0.15, 0.2) is 0 Å². The van der Waals surface area contributed by atoms with Crippen LogP contribution in [0.25, 0.3) is 0 Å². The Balaban J connectivity index is -0.000000425. The van der Waals surface area contributed by atoms with Crippen molar-refractivity contribution in [2.24, 2.45) is 11.5 Å². The third-order valence-corrected chi connectivity index (χ3v) is 2.14. The van der Waals surface area contributed by atoms with Crippen LogP contribution in [-0.4, -0.2) is 14.1 Å². The van der Waals surface area contributed by atoms with Crippen LogP contribution in [0.5, 0.6) is 0 Å². The van der Waals surface area contributed by atoms with E-state index < -0.39 is 0 Å². The van der Waals surface area contributed by atoms with Gasteiger partial charge in [0.1, 0.15) is 0 Å². The summed E-state index contributed by atoms with van der Waals surface area (Å²) in [5, 5.41) is 0. The lowest BCUT2D eigenvalue weighted by Crippen LogP contribution is -1.86. The molecule has 1 aromatic carbocycles. The minimum Gasteiger partial charge on any atom is -0.333 e. The van der Waals surface area contributed by atoms with Gasteiger partial charge in [0, 0.05) is 0 Å². The van der Waals surface area contributed by atoms with Crippen molar-refractivity contribution in [3.05, 3.63) is 72.9 Å². The number of allylic oxidation sites excluding steroid dienone is 4. The normalized spacial score (nSPS) is 8.60. The molecule has 114 valence electrons. The molecule has 0 spiro atoms. The van der Waals surface area contributed by atoms with E-state index >= 15 is 0 Å². The minimum atomic E-state index is 1.03. The van der Waals surface area contributed by atoms with Crippen LogP contribution in [0.4, 0.5) is 0 Å². The molecular formula is C18H32N2. The van der Waals surface area contributed by atoms with Crippen molar-refractivity contribution in [1.82, 2.24) is 0 Å². The van der Waals surface area contributed by atoms with Crippen molar-refractivity contribution in [2.75, 3.05) is 14.1 Å². The van der Waals surface area contributed by atoms with Crippen LogP contribution in [0.15, 0.2) is 67.3 Å². The first-order valence-electron chi connectivity index (χ1n) is 7.00. The SMILES string of the molecule is C=C/C=C(\C=C)CCc1ccccc1.CC.CN.CN. The third-order valence-electron chi connectivity index (χ3n) is 2.14. The number of rotatable bonds is 5. The van der Waals surface area contributed by atoms with E-state index in [-0.39, 0.29) is 0 Å². The van der Waals surface area contributed by atoms with E-state index in [1.165, 1.54) is 25.2 Å². The van der Waals surface area contributed by atoms with Crippen LogP contribution < -0.4 is 11.5 Å². The molecule has 0 unspecified atom stereocenters. The van der Waals surface area contributed by atoms with Crippen LogP contribution in [-0.2, 0) is 6.42 Å². The average molecular weight is 276 g/mol. The first-order valence-corrected chi connectivity index (χ1v) is 7.00. The lowest BCUT2D eigenvalue weighted by molar-refractivity contribution is 0.966. The highest BCUT2D eigenvalue weighted by molar-refractivity contribution is 5.23. The Kier molecular flexibility index (Phi) is 26.4. The molecule has 1 rings (SSSR count). The summed E-state index contributed by atoms with van der Waals surface area (Å²) < 4.78 is 0. The van der Waals surface area contributed by atoms with Crippen molar-refractivity contribution in [2.45, 2.75) is 26.7 Å². The fourth-order valence-corrected chi connectivity index (χ4v) is 1.34. The van der Waals surface area contributed by atoms with Gasteiger partial charge in [-0.15, -0.1) is 0 Å². The van der Waals surface area contributed by atoms with E-state index in [9.17, 15) is 0 Å². The minimum absolute atomic E-state index is 1.03. The fraction of sp³-hybridized carbons (Fsp3) is 0.333. The maximum atomic E-state index is 4.50. The maximum absolute atomic E-state index is 4.50. The Bertz CT molecular complexity index is 327. The fourth-order valence-electron chi connectivity index (χ4n) is 1.34. The summed E-state index contributed by atoms with van der Waals surface area (Å²) in [6.07, 6.45) is 7.80. The van der Waals surface area contributed by atoms with E-state index in [0.29, 0.717) is 0 Å². The highest BCUT2D eigenvalue weighted by Crippen LogP contribution is 2.09. The second-order valence-corrected chi connectivity index (χ2v) is 3.17. The van der Waals surface area contributed by atoms with Gasteiger partial charge in [-0.2, -0.15) is 0 Å². The Labute approximate surface area is 125 Å². The molecule has 4 N–H and O–H groups in total. The smallest absolute Gasteiger partial charge is 0.0195 e. The quantitative estimate of drug-likeness (QED) is 0.796. The van der Waals surface area contributed by atoms with Gasteiger partial charge in [-0.05, 0) is 38.1 Å². The molecular weight excluding hydrogens is 244 g/mol. The van der Waals surface area contributed by atoms with Crippen LogP contribution in [0.1, 0.15) is 25.8 Å². The van der Waals surface area contributed by atoms with Crippen molar-refractivity contribution in [3.63, 3.8) is 0 Å². The van der Waals surface area contributed by atoms with E-state index in [0.717, 1.165) is 12.8 Å². The van der Waals surface area contributed by atoms with Gasteiger partial charge in [-0.1, -0.05) is 75.6 Å². The molecule has 1 aromatic rings. The predicted octanol–water partition coefficient (Wildman–Crippen LogP) is 4.09. The first kappa shape index (κ1) is 23.5. The Morgan fingerprint density at radius 2 is 1.50 bits per heavy atom. The molecule has 20 heavy (non-hydrogen) atoms. The van der Waals surface area contributed by atoms with Gasteiger partial charge in [0.25, 0.3) is 0 Å². The molecule has 0 amide bonds. The molecule has 0 aliphatic carbocycles. The second kappa shape index (κ2) is 22.5. The highest BCUT2D eigenvalue weighted by atomic mass is 14.4. The van der Waals surface area contributed by atoms with Gasteiger partial charge in [0.2, 0.25) is 0 Å². The second-order valence-electron chi connectivity index (χ2n) is 3.17. The molecule has 0 aliphatic rings. The zero-order valence-corrected chi connectivity index (χ0v) is 13.6. The van der Waals surface area contributed by atoms with E-state index in [2.05, 4.69) is 48.9 Å². The Morgan fingerprint density at radius 1 is 1.00 bits per heavy atom. The third kappa shape index (κ3) is 14.4. The summed E-state index contributed by atoms with van der Waals surface area (Å²) in [7, 11) is 3.00. The van der Waals surface area contributed by atoms with Crippen LogP contribution in [0.2, 0.25) is 0 Å². The molecule has 0 atom stereocenters. The van der Waals surface area contributed by atoms with E-state index in [4.69, 9.17) is 0 Å². The number of nitrogens with two attached hydrogens (primary N) is 2. The van der Waals surface area contributed by atoms with Gasteiger partial charge < -0.3 is 11.5 Å². The monoisotopic (exact) mass is 276 g/mol. The van der Waals surface area contributed by atoms with Gasteiger partial charge in [0.05, 0.1) is 0 Å². The first-order chi connectivity index (χ1) is 9.86. The van der Waals surface area contributed by atoms with Crippen LogP contribution in [0, 0.1) is 0 Å². The Hall–Kier alpha value is -1.64. The maximum Gasteiger partial charge on any atom is -0.0195 e. The molecule has 0 aliphatic heterocycles. The van der Waals surface area contributed by atoms with Gasteiger partial charge in [-0.25, -0.2) is 0 Å². The van der Waals surface area contributed by atoms with E-state index in [1.807, 2.05) is 38.1 Å². The highest BCUT2D eigenvalue weighted by Gasteiger charge is 1.93. The summed E-state index contributed by atoms with van der Waals surface area (Å²) in [4.78, 5) is 0. The van der Waals surface area contributed by atoms with Crippen molar-refractivity contribution in [3.8, 4) is 0 Å². The van der Waals surface area contributed by atoms with Crippen molar-refractivity contribution < 1.29 is 0 Å². The molecule has 0 saturated heterocycles. The molecule has 2 heteroatoms. The van der Waals surface area contributed by atoms with Gasteiger partial charge >= 0.3 is 0 Å². The number of hydrogen-bond acceptors (Lipinski definition) is 2. The molecule has 0 radical (unpaired) electrons. The molecule has 0 aromatic heterocycles. The molecule has 0 fully saturated rings. The predicted molar refractivity (Wildman–Crippen MR) is 94.8 cm³/mol. The molecule has 2 nitrogen and oxygen atoms in total. The average Bonchev–Trinajstić information content (AvgIpc) is 2.58. The molecule has 0 saturated carbocycles. The van der Waals surface area contributed by atoms with Crippen LogP contribution >= 0.6 is 0 Å². The Morgan fingerprint density at radius 3 is 1.90 bits per heavy atom. The van der Waals surface area contributed by atoms with Gasteiger partial charge in [-0.3, -0.25) is 0 Å². The van der Waals surface area contributed by atoms with E-state index in [1.54, 1.807) is 0 Å². The summed E-state index contributed by atoms with van der Waals surface area (Å²) in [6.45, 7) is 11.5. The standard InChI is InChI=1S/C14H16.C2H6.2CH5N/c1-3-8-13(4-2)11-12-14-9-6-5-7-10-14;3*1-2/h3-10H,1-2,11-12H2;1-2H3;2*2H2,1H3/b13-8+;;;. The summed E-state index contributed by atoms with van der Waals surface area (Å²) >= 11 is 0. The zero-order valence-electron chi connectivity index (χ0n) is 13.6. The largest absolute Gasteiger partial charge is 0.333 e. The number of aryl methyl sites for hydroxylation is 1. The molecule has 0 bridgehead atoms. The lowest BCUT2D eigenvalue weighted by Gasteiger charge is -2.01. The summed E-state index contributed by atoms with van der Waals surface area (Å²) in [5.41, 5.74) is 11.6. The number of benzene rings is 1. The summed E-state index contributed by atoms with van der Waals surface area (Å²) in [5.74, 6) is 0. The zero-order chi connectivity index (χ0) is 16.2.